The number of aryl methyl sites for hydroxylation is 1. The van der Waals surface area contributed by atoms with Crippen molar-refractivity contribution in [2.24, 2.45) is 17.6 Å². The Morgan fingerprint density at radius 1 is 1.23 bits per heavy atom. The lowest BCUT2D eigenvalue weighted by Crippen LogP contribution is -2.54. The zero-order chi connectivity index (χ0) is 22.8. The normalized spacial score (nSPS) is 28.1. The quantitative estimate of drug-likeness (QED) is 0.298. The summed E-state index contributed by atoms with van der Waals surface area (Å²) in [5, 5.41) is 53.3. The van der Waals surface area contributed by atoms with Gasteiger partial charge >= 0.3 is 0 Å². The minimum Gasteiger partial charge on any atom is -0.508 e. The van der Waals surface area contributed by atoms with Crippen LogP contribution in [0.25, 0.3) is 5.76 Å². The van der Waals surface area contributed by atoms with E-state index in [1.54, 1.807) is 0 Å². The van der Waals surface area contributed by atoms with Crippen molar-refractivity contribution >= 4 is 23.2 Å². The Hall–Kier alpha value is -3.33. The molecule has 0 heterocycles. The number of aromatic hydroxyl groups is 2. The number of phenols is 2. The molecule has 3 aliphatic carbocycles. The molecule has 1 amide bonds. The molecule has 3 aliphatic rings. The van der Waals surface area contributed by atoms with Crippen LogP contribution in [0, 0.1) is 11.8 Å². The van der Waals surface area contributed by atoms with Crippen molar-refractivity contribution in [1.29, 1.82) is 0 Å². The molecule has 0 aromatic heterocycles. The number of rotatable bonds is 2. The number of fused-ring (bicyclic) bond motifs is 3. The first kappa shape index (κ1) is 20.9. The number of carbonyl (C=O) groups excluding carboxylic acids is 3. The molecule has 9 heteroatoms. The van der Waals surface area contributed by atoms with Crippen LogP contribution in [0.4, 0.5) is 0 Å². The SMILES string of the molecule is CCc1cc(O)c(O)c2c1C[C@@H]1C[C@@H]3CCC(=O)C(C(N)=O)=C(O)[C@]3(O)C(=O)C1=C2O. The molecular formula is C22H23NO8. The van der Waals surface area contributed by atoms with Gasteiger partial charge in [0.2, 0.25) is 5.78 Å². The van der Waals surface area contributed by atoms with Crippen LogP contribution in [0.15, 0.2) is 23.0 Å². The highest BCUT2D eigenvalue weighted by molar-refractivity contribution is 6.21. The van der Waals surface area contributed by atoms with E-state index in [4.69, 9.17) is 5.73 Å². The van der Waals surface area contributed by atoms with Crippen molar-refractivity contribution in [3.63, 3.8) is 0 Å². The second-order valence-corrected chi connectivity index (χ2v) is 8.35. The average Bonchev–Trinajstić information content (AvgIpc) is 2.80. The van der Waals surface area contributed by atoms with E-state index in [2.05, 4.69) is 0 Å². The predicted octanol–water partition coefficient (Wildman–Crippen LogP) is 1.08. The molecule has 0 unspecified atom stereocenters. The molecule has 31 heavy (non-hydrogen) atoms. The first-order valence-corrected chi connectivity index (χ1v) is 10.1. The third-order valence-electron chi connectivity index (χ3n) is 6.80. The third-order valence-corrected chi connectivity index (χ3v) is 6.80. The molecule has 0 spiro atoms. The summed E-state index contributed by atoms with van der Waals surface area (Å²) in [6.07, 6.45) is 0.778. The Bertz CT molecular complexity index is 1110. The fourth-order valence-electron chi connectivity index (χ4n) is 5.27. The molecule has 4 rings (SSSR count). The fraction of sp³-hybridized carbons (Fsp3) is 0.409. The summed E-state index contributed by atoms with van der Waals surface area (Å²) in [5.41, 5.74) is 2.75. The summed E-state index contributed by atoms with van der Waals surface area (Å²) in [4.78, 5) is 37.5. The average molecular weight is 429 g/mol. The Morgan fingerprint density at radius 3 is 2.52 bits per heavy atom. The van der Waals surface area contributed by atoms with E-state index in [9.17, 15) is 39.9 Å². The zero-order valence-electron chi connectivity index (χ0n) is 16.8. The molecule has 1 saturated carbocycles. The van der Waals surface area contributed by atoms with Crippen molar-refractivity contribution in [1.82, 2.24) is 0 Å². The molecule has 0 bridgehead atoms. The summed E-state index contributed by atoms with van der Waals surface area (Å²) in [6.45, 7) is 1.85. The Balaban J connectivity index is 1.97. The minimum absolute atomic E-state index is 0.0424. The van der Waals surface area contributed by atoms with Crippen molar-refractivity contribution in [3.05, 3.63) is 39.7 Å². The highest BCUT2D eigenvalue weighted by Gasteiger charge is 2.58. The van der Waals surface area contributed by atoms with Crippen molar-refractivity contribution < 1.29 is 39.9 Å². The summed E-state index contributed by atoms with van der Waals surface area (Å²) in [7, 11) is 0. The monoisotopic (exact) mass is 429 g/mol. The number of amides is 1. The number of hydrogen-bond donors (Lipinski definition) is 6. The smallest absolute Gasteiger partial charge is 0.255 e. The van der Waals surface area contributed by atoms with Gasteiger partial charge in [-0.15, -0.1) is 0 Å². The van der Waals surface area contributed by atoms with Crippen LogP contribution >= 0.6 is 0 Å². The van der Waals surface area contributed by atoms with Crippen LogP contribution in [-0.4, -0.2) is 48.6 Å². The van der Waals surface area contributed by atoms with Crippen molar-refractivity contribution in [2.75, 3.05) is 0 Å². The molecule has 3 atom stereocenters. The fourth-order valence-corrected chi connectivity index (χ4v) is 5.27. The molecule has 0 saturated heterocycles. The van der Waals surface area contributed by atoms with Crippen LogP contribution in [0.2, 0.25) is 0 Å². The highest BCUT2D eigenvalue weighted by atomic mass is 16.3. The lowest BCUT2D eigenvalue weighted by Gasteiger charge is -2.44. The van der Waals surface area contributed by atoms with Gasteiger partial charge in [0.25, 0.3) is 5.91 Å². The standard InChI is InChI=1S/C22H23NO8/c1-2-8-7-13(25)17(26)15-11(8)6-9-5-10-3-4-12(24)16(21(23)30)20(29)22(10,31)19(28)14(9)18(15)27/h7,9-10,25-27,29,31H,2-6H2,1H3,(H2,23,30)/t9-,10-,22+/m0/s1. The number of hydrogen-bond acceptors (Lipinski definition) is 8. The third kappa shape index (κ3) is 2.69. The van der Waals surface area contributed by atoms with Crippen LogP contribution < -0.4 is 5.73 Å². The minimum atomic E-state index is -2.60. The number of nitrogens with two attached hydrogens (primary N) is 1. The van der Waals surface area contributed by atoms with Gasteiger partial charge in [0, 0.05) is 17.9 Å². The van der Waals surface area contributed by atoms with E-state index in [-0.39, 0.29) is 36.8 Å². The Morgan fingerprint density at radius 2 is 1.90 bits per heavy atom. The number of phenolic OH excluding ortho intramolecular Hbond substituents is 2. The van der Waals surface area contributed by atoms with Gasteiger partial charge in [0.1, 0.15) is 17.1 Å². The number of aliphatic hydroxyl groups excluding tert-OH is 2. The maximum absolute atomic E-state index is 13.5. The second kappa shape index (κ2) is 6.84. The topological polar surface area (TPSA) is 178 Å². The molecule has 7 N–H and O–H groups in total. The largest absolute Gasteiger partial charge is 0.508 e. The molecule has 1 aromatic rings. The van der Waals surface area contributed by atoms with Gasteiger partial charge in [-0.2, -0.15) is 0 Å². The molecule has 164 valence electrons. The number of Topliss-reactive ketones (excluding diaryl/α,β-unsaturated/α-hetero) is 2. The molecule has 0 aliphatic heterocycles. The summed E-state index contributed by atoms with van der Waals surface area (Å²) in [6, 6.07) is 1.41. The van der Waals surface area contributed by atoms with Gasteiger partial charge < -0.3 is 31.3 Å². The number of ketones is 2. The van der Waals surface area contributed by atoms with Crippen molar-refractivity contribution in [2.45, 2.75) is 44.6 Å². The van der Waals surface area contributed by atoms with Crippen LogP contribution in [0.5, 0.6) is 11.5 Å². The van der Waals surface area contributed by atoms with Crippen molar-refractivity contribution in [3.8, 4) is 11.5 Å². The van der Waals surface area contributed by atoms with E-state index >= 15 is 0 Å². The first-order valence-electron chi connectivity index (χ1n) is 10.1. The lowest BCUT2D eigenvalue weighted by atomic mass is 9.61. The number of carbonyl (C=O) groups is 3. The van der Waals surface area contributed by atoms with Gasteiger partial charge in [-0.3, -0.25) is 14.4 Å². The lowest BCUT2D eigenvalue weighted by molar-refractivity contribution is -0.143. The van der Waals surface area contributed by atoms with Crippen LogP contribution in [-0.2, 0) is 27.2 Å². The van der Waals surface area contributed by atoms with Gasteiger partial charge in [-0.25, -0.2) is 0 Å². The van der Waals surface area contributed by atoms with E-state index in [1.807, 2.05) is 6.92 Å². The molecular weight excluding hydrogens is 406 g/mol. The van der Waals surface area contributed by atoms with Gasteiger partial charge in [-0.1, -0.05) is 6.92 Å². The molecule has 0 radical (unpaired) electrons. The molecule has 1 fully saturated rings. The zero-order valence-corrected chi connectivity index (χ0v) is 16.8. The first-order chi connectivity index (χ1) is 14.5. The van der Waals surface area contributed by atoms with Gasteiger partial charge in [0.05, 0.1) is 5.56 Å². The summed E-state index contributed by atoms with van der Waals surface area (Å²) < 4.78 is 0. The predicted molar refractivity (Wildman–Crippen MR) is 107 cm³/mol. The second-order valence-electron chi connectivity index (χ2n) is 8.35. The maximum atomic E-state index is 13.5. The Labute approximate surface area is 177 Å². The molecule has 1 aromatic carbocycles. The number of benzene rings is 1. The van der Waals surface area contributed by atoms with Gasteiger partial charge in [-0.05, 0) is 48.8 Å². The van der Waals surface area contributed by atoms with E-state index in [1.165, 1.54) is 6.07 Å². The number of aliphatic hydroxyl groups is 3. The summed E-state index contributed by atoms with van der Waals surface area (Å²) >= 11 is 0. The van der Waals surface area contributed by atoms with E-state index in [0.29, 0.717) is 17.5 Å². The van der Waals surface area contributed by atoms with Crippen LogP contribution in [0.1, 0.15) is 42.9 Å². The van der Waals surface area contributed by atoms with Crippen LogP contribution in [0.3, 0.4) is 0 Å². The Kier molecular flexibility index (Phi) is 4.62. The van der Waals surface area contributed by atoms with Gasteiger partial charge in [0.15, 0.2) is 22.9 Å². The van der Waals surface area contributed by atoms with E-state index < -0.39 is 63.5 Å². The van der Waals surface area contributed by atoms with E-state index in [0.717, 1.165) is 0 Å². The highest BCUT2D eigenvalue weighted by Crippen LogP contribution is 2.52. The summed E-state index contributed by atoms with van der Waals surface area (Å²) in [5.74, 6) is -7.24. The maximum Gasteiger partial charge on any atom is 0.255 e. The number of primary amides is 1. The molecule has 9 nitrogen and oxygen atoms in total.